The second kappa shape index (κ2) is 5.44. The molecule has 2 aromatic rings. The first-order valence-corrected chi connectivity index (χ1v) is 5.78. The molecule has 1 aromatic heterocycles. The maximum Gasteiger partial charge on any atom is 0.325 e. The van der Waals surface area contributed by atoms with Crippen LogP contribution in [0.2, 0.25) is 0 Å². The van der Waals surface area contributed by atoms with Crippen LogP contribution >= 0.6 is 11.8 Å². The van der Waals surface area contributed by atoms with Gasteiger partial charge in [0.2, 0.25) is 5.16 Å². The van der Waals surface area contributed by atoms with Crippen molar-refractivity contribution in [2.24, 2.45) is 0 Å². The first-order valence-electron chi connectivity index (χ1n) is 4.96. The predicted octanol–water partition coefficient (Wildman–Crippen LogP) is 0.817. The lowest BCUT2D eigenvalue weighted by Gasteiger charge is -2.01. The van der Waals surface area contributed by atoms with Crippen molar-refractivity contribution in [1.82, 2.24) is 20.2 Å². The smallest absolute Gasteiger partial charge is 0.325 e. The van der Waals surface area contributed by atoms with E-state index in [1.165, 1.54) is 18.2 Å². The van der Waals surface area contributed by atoms with Gasteiger partial charge in [0, 0.05) is 17.0 Å². The third kappa shape index (κ3) is 3.25. The molecule has 0 unspecified atom stereocenters. The predicted molar refractivity (Wildman–Crippen MR) is 62.7 cm³/mol. The molecule has 1 N–H and O–H groups in total. The van der Waals surface area contributed by atoms with Crippen molar-refractivity contribution in [2.45, 2.75) is 16.6 Å². The third-order valence-electron chi connectivity index (χ3n) is 2.02. The van der Waals surface area contributed by atoms with Crippen LogP contribution in [-0.4, -0.2) is 36.2 Å². The molecule has 1 heterocycles. The van der Waals surface area contributed by atoms with Crippen LogP contribution in [0.15, 0.2) is 34.3 Å². The SMILES string of the molecule is O=C(O)Cn1nnnc1Sc1cccc([N+](=O)[O-])c1. The lowest BCUT2D eigenvalue weighted by Crippen LogP contribution is -2.11. The highest BCUT2D eigenvalue weighted by Gasteiger charge is 2.13. The molecule has 0 amide bonds. The molecule has 98 valence electrons. The standard InChI is InChI=1S/C9H7N5O4S/c15-8(16)5-13-9(10-11-12-13)19-7-3-1-2-6(4-7)14(17)18/h1-4H,5H2,(H,15,16). The number of benzene rings is 1. The minimum Gasteiger partial charge on any atom is -0.480 e. The molecule has 2 rings (SSSR count). The van der Waals surface area contributed by atoms with E-state index in [0.29, 0.717) is 4.90 Å². The Kier molecular flexibility index (Phi) is 3.71. The van der Waals surface area contributed by atoms with E-state index in [1.807, 2.05) is 0 Å². The minimum atomic E-state index is -1.08. The van der Waals surface area contributed by atoms with Gasteiger partial charge in [-0.15, -0.1) is 5.10 Å². The lowest BCUT2D eigenvalue weighted by molar-refractivity contribution is -0.385. The molecular formula is C9H7N5O4S. The van der Waals surface area contributed by atoms with Crippen LogP contribution < -0.4 is 0 Å². The van der Waals surface area contributed by atoms with Gasteiger partial charge >= 0.3 is 5.97 Å². The second-order valence-electron chi connectivity index (χ2n) is 3.37. The Morgan fingerprint density at radius 1 is 1.53 bits per heavy atom. The zero-order valence-corrected chi connectivity index (χ0v) is 10.1. The maximum absolute atomic E-state index is 10.6. The zero-order chi connectivity index (χ0) is 13.8. The van der Waals surface area contributed by atoms with E-state index in [9.17, 15) is 14.9 Å². The monoisotopic (exact) mass is 281 g/mol. The van der Waals surface area contributed by atoms with E-state index in [0.717, 1.165) is 16.4 Å². The van der Waals surface area contributed by atoms with Gasteiger partial charge in [-0.1, -0.05) is 6.07 Å². The number of nitro benzene ring substituents is 1. The molecule has 9 nitrogen and oxygen atoms in total. The van der Waals surface area contributed by atoms with E-state index in [4.69, 9.17) is 5.11 Å². The number of aliphatic carboxylic acids is 1. The number of carboxylic acid groups (broad SMARTS) is 1. The molecule has 0 aliphatic rings. The summed E-state index contributed by atoms with van der Waals surface area (Å²) in [7, 11) is 0. The van der Waals surface area contributed by atoms with Crippen LogP contribution in [0.4, 0.5) is 5.69 Å². The minimum absolute atomic E-state index is 0.0535. The first-order chi connectivity index (χ1) is 9.06. The van der Waals surface area contributed by atoms with Crippen LogP contribution in [0.1, 0.15) is 0 Å². The number of rotatable bonds is 5. The van der Waals surface area contributed by atoms with E-state index < -0.39 is 10.9 Å². The van der Waals surface area contributed by atoms with Crippen molar-refractivity contribution in [3.05, 3.63) is 34.4 Å². The molecule has 0 bridgehead atoms. The summed E-state index contributed by atoms with van der Waals surface area (Å²) in [6, 6.07) is 5.91. The van der Waals surface area contributed by atoms with Gasteiger partial charge in [-0.2, -0.15) is 0 Å². The zero-order valence-electron chi connectivity index (χ0n) is 9.33. The van der Waals surface area contributed by atoms with Crippen LogP contribution in [0.25, 0.3) is 0 Å². The van der Waals surface area contributed by atoms with Crippen LogP contribution in [-0.2, 0) is 11.3 Å². The summed E-state index contributed by atoms with van der Waals surface area (Å²) in [4.78, 5) is 21.3. The Morgan fingerprint density at radius 3 is 3.00 bits per heavy atom. The highest BCUT2D eigenvalue weighted by Crippen LogP contribution is 2.27. The van der Waals surface area contributed by atoms with Gasteiger partial charge in [-0.3, -0.25) is 14.9 Å². The number of nitro groups is 1. The average Bonchev–Trinajstić information content (AvgIpc) is 2.76. The largest absolute Gasteiger partial charge is 0.480 e. The Labute approximate surface area is 110 Å². The van der Waals surface area contributed by atoms with Gasteiger partial charge in [0.05, 0.1) is 4.92 Å². The van der Waals surface area contributed by atoms with Crippen molar-refractivity contribution in [3.63, 3.8) is 0 Å². The molecule has 19 heavy (non-hydrogen) atoms. The molecule has 0 spiro atoms. The fourth-order valence-corrected chi connectivity index (χ4v) is 2.08. The molecular weight excluding hydrogens is 274 g/mol. The molecule has 0 saturated heterocycles. The average molecular weight is 281 g/mol. The lowest BCUT2D eigenvalue weighted by atomic mass is 10.3. The highest BCUT2D eigenvalue weighted by atomic mass is 32.2. The number of aromatic nitrogens is 4. The van der Waals surface area contributed by atoms with E-state index in [1.54, 1.807) is 6.07 Å². The number of tetrazole rings is 1. The number of hydrogen-bond acceptors (Lipinski definition) is 7. The number of carbonyl (C=O) groups is 1. The molecule has 1 aromatic carbocycles. The fourth-order valence-electron chi connectivity index (χ4n) is 1.26. The first kappa shape index (κ1) is 13.0. The van der Waals surface area contributed by atoms with Crippen molar-refractivity contribution < 1.29 is 14.8 Å². The molecule has 0 atom stereocenters. The van der Waals surface area contributed by atoms with Crippen LogP contribution in [0.3, 0.4) is 0 Å². The van der Waals surface area contributed by atoms with E-state index in [-0.39, 0.29) is 17.4 Å². The Balaban J connectivity index is 2.21. The van der Waals surface area contributed by atoms with Crippen molar-refractivity contribution >= 4 is 23.4 Å². The fraction of sp³-hybridized carbons (Fsp3) is 0.111. The summed E-state index contributed by atoms with van der Waals surface area (Å²) in [5, 5.41) is 30.1. The van der Waals surface area contributed by atoms with Crippen LogP contribution in [0.5, 0.6) is 0 Å². The maximum atomic E-state index is 10.6. The summed E-state index contributed by atoms with van der Waals surface area (Å²) < 4.78 is 1.10. The number of nitrogens with zero attached hydrogens (tertiary/aromatic N) is 5. The topological polar surface area (TPSA) is 124 Å². The van der Waals surface area contributed by atoms with Crippen molar-refractivity contribution in [2.75, 3.05) is 0 Å². The van der Waals surface area contributed by atoms with Crippen molar-refractivity contribution in [3.8, 4) is 0 Å². The Morgan fingerprint density at radius 2 is 2.32 bits per heavy atom. The summed E-state index contributed by atoms with van der Waals surface area (Å²) in [6.07, 6.45) is 0. The normalized spacial score (nSPS) is 10.3. The van der Waals surface area contributed by atoms with E-state index in [2.05, 4.69) is 15.5 Å². The van der Waals surface area contributed by atoms with E-state index >= 15 is 0 Å². The summed E-state index contributed by atoms with van der Waals surface area (Å²) >= 11 is 1.05. The molecule has 10 heteroatoms. The summed E-state index contributed by atoms with van der Waals surface area (Å²) in [6.45, 7) is -0.371. The molecule has 0 saturated carbocycles. The van der Waals surface area contributed by atoms with Gasteiger partial charge in [-0.05, 0) is 28.3 Å². The molecule has 0 fully saturated rings. The second-order valence-corrected chi connectivity index (χ2v) is 4.41. The summed E-state index contributed by atoms with van der Waals surface area (Å²) in [5.41, 5.74) is -0.0535. The van der Waals surface area contributed by atoms with Gasteiger partial charge in [0.1, 0.15) is 6.54 Å². The third-order valence-corrected chi connectivity index (χ3v) is 2.99. The molecule has 0 radical (unpaired) electrons. The van der Waals surface area contributed by atoms with Gasteiger partial charge in [0.25, 0.3) is 5.69 Å². The van der Waals surface area contributed by atoms with Crippen LogP contribution in [0, 0.1) is 10.1 Å². The van der Waals surface area contributed by atoms with Crippen molar-refractivity contribution in [1.29, 1.82) is 0 Å². The van der Waals surface area contributed by atoms with Gasteiger partial charge in [-0.25, -0.2) is 4.68 Å². The highest BCUT2D eigenvalue weighted by molar-refractivity contribution is 7.99. The van der Waals surface area contributed by atoms with Gasteiger partial charge in [0.15, 0.2) is 0 Å². The Hall–Kier alpha value is -2.49. The molecule has 0 aliphatic carbocycles. The number of non-ortho nitro benzene ring substituents is 1. The van der Waals surface area contributed by atoms with Gasteiger partial charge < -0.3 is 5.11 Å². The summed E-state index contributed by atoms with van der Waals surface area (Å²) in [5.74, 6) is -1.08. The number of hydrogen-bond donors (Lipinski definition) is 1. The Bertz CT molecular complexity index is 629. The molecule has 0 aliphatic heterocycles. The quantitative estimate of drug-likeness (QED) is 0.630. The number of carboxylic acids is 1.